The van der Waals surface area contributed by atoms with E-state index in [1.54, 1.807) is 0 Å². The van der Waals surface area contributed by atoms with E-state index in [9.17, 15) is 0 Å². The van der Waals surface area contributed by atoms with Crippen LogP contribution in [0, 0.1) is 0 Å². The van der Waals surface area contributed by atoms with E-state index in [2.05, 4.69) is 6.92 Å². The van der Waals surface area contributed by atoms with Crippen LogP contribution in [0.5, 0.6) is 5.06 Å². The Morgan fingerprint density at radius 1 is 1.06 bits per heavy atom. The Hall–Kier alpha value is -0.540. The van der Waals surface area contributed by atoms with Gasteiger partial charge in [-0.3, -0.25) is 0 Å². The van der Waals surface area contributed by atoms with Gasteiger partial charge in [0.2, 0.25) is 0 Å². The first-order valence-corrected chi connectivity index (χ1v) is 7.51. The molecule has 0 aliphatic rings. The Bertz CT molecular complexity index is 284. The Morgan fingerprint density at radius 2 is 1.76 bits per heavy atom. The first-order chi connectivity index (χ1) is 8.36. The van der Waals surface area contributed by atoms with E-state index < -0.39 is 0 Å². The van der Waals surface area contributed by atoms with E-state index in [1.165, 1.54) is 49.9 Å². The van der Waals surface area contributed by atoms with E-state index in [1.807, 2.05) is 12.1 Å². The van der Waals surface area contributed by atoms with Crippen LogP contribution >= 0.6 is 11.3 Å². The second-order valence-corrected chi connectivity index (χ2v) is 5.48. The average molecular weight is 256 g/mol. The summed E-state index contributed by atoms with van der Waals surface area (Å²) in [7, 11) is 0. The summed E-state index contributed by atoms with van der Waals surface area (Å²) in [5.74, 6) is 0. The van der Waals surface area contributed by atoms with Crippen molar-refractivity contribution in [3.05, 3.63) is 17.0 Å². The van der Waals surface area contributed by atoms with Gasteiger partial charge in [-0.25, -0.2) is 0 Å². The molecule has 1 N–H and O–H groups in total. The van der Waals surface area contributed by atoms with Crippen LogP contribution in [0.2, 0.25) is 0 Å². The van der Waals surface area contributed by atoms with Crippen LogP contribution in [-0.4, -0.2) is 11.7 Å². The van der Waals surface area contributed by atoms with Gasteiger partial charge in [0.05, 0.1) is 13.2 Å². The summed E-state index contributed by atoms with van der Waals surface area (Å²) >= 11 is 1.54. The fraction of sp³-hybridized carbons (Fsp3) is 0.714. The van der Waals surface area contributed by atoms with Crippen LogP contribution in [0.15, 0.2) is 12.1 Å². The second kappa shape index (κ2) is 9.49. The standard InChI is InChI=1S/C14H24O2S/c1-2-3-4-5-6-7-8-11-16-14-10-9-13(12-15)17-14/h9-10,15H,2-8,11-12H2,1H3. The Kier molecular flexibility index (Phi) is 8.10. The molecule has 1 rings (SSSR count). The molecule has 0 saturated carbocycles. The maximum Gasteiger partial charge on any atom is 0.174 e. The smallest absolute Gasteiger partial charge is 0.174 e. The van der Waals surface area contributed by atoms with Gasteiger partial charge in [-0.2, -0.15) is 0 Å². The first-order valence-electron chi connectivity index (χ1n) is 6.69. The highest BCUT2D eigenvalue weighted by Gasteiger charge is 1.99. The topological polar surface area (TPSA) is 29.5 Å². The third kappa shape index (κ3) is 6.69. The molecule has 0 spiro atoms. The van der Waals surface area contributed by atoms with Gasteiger partial charge < -0.3 is 9.84 Å². The molecule has 0 amide bonds. The van der Waals surface area contributed by atoms with Crippen molar-refractivity contribution < 1.29 is 9.84 Å². The van der Waals surface area contributed by atoms with Crippen LogP contribution in [0.3, 0.4) is 0 Å². The van der Waals surface area contributed by atoms with Gasteiger partial charge in [0.15, 0.2) is 5.06 Å². The summed E-state index contributed by atoms with van der Waals surface area (Å²) < 4.78 is 5.62. The molecule has 0 aliphatic carbocycles. The molecule has 98 valence electrons. The normalized spacial score (nSPS) is 10.7. The molecule has 1 aromatic heterocycles. The lowest BCUT2D eigenvalue weighted by Gasteiger charge is -2.03. The van der Waals surface area contributed by atoms with E-state index in [0.29, 0.717) is 0 Å². The van der Waals surface area contributed by atoms with Crippen LogP contribution < -0.4 is 4.74 Å². The van der Waals surface area contributed by atoms with Crippen molar-refractivity contribution in [1.29, 1.82) is 0 Å². The lowest BCUT2D eigenvalue weighted by Crippen LogP contribution is -1.95. The molecular formula is C14H24O2S. The van der Waals surface area contributed by atoms with Gasteiger partial charge in [-0.1, -0.05) is 45.4 Å². The molecule has 0 bridgehead atoms. The summed E-state index contributed by atoms with van der Waals surface area (Å²) in [5, 5.41) is 9.85. The summed E-state index contributed by atoms with van der Waals surface area (Å²) in [6, 6.07) is 3.86. The van der Waals surface area contributed by atoms with Gasteiger partial charge in [0.25, 0.3) is 0 Å². The van der Waals surface area contributed by atoms with Crippen LogP contribution in [-0.2, 0) is 6.61 Å². The zero-order valence-electron chi connectivity index (χ0n) is 10.8. The number of ether oxygens (including phenoxy) is 1. The minimum atomic E-state index is 0.117. The molecule has 0 saturated heterocycles. The van der Waals surface area contributed by atoms with E-state index in [-0.39, 0.29) is 6.61 Å². The van der Waals surface area contributed by atoms with Gasteiger partial charge in [0, 0.05) is 4.88 Å². The van der Waals surface area contributed by atoms with Crippen LogP contribution in [0.1, 0.15) is 56.7 Å². The Morgan fingerprint density at radius 3 is 2.41 bits per heavy atom. The third-order valence-electron chi connectivity index (χ3n) is 2.79. The number of hydrogen-bond donors (Lipinski definition) is 1. The number of thiophene rings is 1. The molecule has 2 nitrogen and oxygen atoms in total. The molecule has 0 unspecified atom stereocenters. The van der Waals surface area contributed by atoms with Crippen molar-refractivity contribution >= 4 is 11.3 Å². The Balaban J connectivity index is 1.93. The van der Waals surface area contributed by atoms with Gasteiger partial charge in [-0.15, -0.1) is 11.3 Å². The minimum absolute atomic E-state index is 0.117. The summed E-state index contributed by atoms with van der Waals surface area (Å²) in [6.45, 7) is 3.17. The highest BCUT2D eigenvalue weighted by molar-refractivity contribution is 7.13. The minimum Gasteiger partial charge on any atom is -0.484 e. The zero-order valence-corrected chi connectivity index (χ0v) is 11.6. The molecule has 0 aromatic carbocycles. The maximum absolute atomic E-state index is 8.92. The Labute approximate surface area is 109 Å². The molecule has 1 aromatic rings. The number of rotatable bonds is 10. The molecule has 17 heavy (non-hydrogen) atoms. The molecular weight excluding hydrogens is 232 g/mol. The van der Waals surface area contributed by atoms with E-state index >= 15 is 0 Å². The maximum atomic E-state index is 8.92. The molecule has 0 fully saturated rings. The highest BCUT2D eigenvalue weighted by atomic mass is 32.1. The summed E-state index contributed by atoms with van der Waals surface area (Å²) in [4.78, 5) is 0.972. The SMILES string of the molecule is CCCCCCCCCOc1ccc(CO)s1. The lowest BCUT2D eigenvalue weighted by atomic mass is 10.1. The van der Waals surface area contributed by atoms with Crippen molar-refractivity contribution in [2.24, 2.45) is 0 Å². The van der Waals surface area contributed by atoms with Crippen molar-refractivity contribution in [2.45, 2.75) is 58.5 Å². The van der Waals surface area contributed by atoms with Gasteiger partial charge >= 0.3 is 0 Å². The predicted octanol–water partition coefficient (Wildman–Crippen LogP) is 4.37. The fourth-order valence-corrected chi connectivity index (χ4v) is 2.49. The number of aliphatic hydroxyl groups excluding tert-OH is 1. The zero-order chi connectivity index (χ0) is 12.3. The quantitative estimate of drug-likeness (QED) is 0.630. The average Bonchev–Trinajstić information content (AvgIpc) is 2.80. The molecule has 3 heteroatoms. The summed E-state index contributed by atoms with van der Waals surface area (Å²) in [5.41, 5.74) is 0. The predicted molar refractivity (Wildman–Crippen MR) is 73.7 cm³/mol. The van der Waals surface area contributed by atoms with Crippen molar-refractivity contribution in [1.82, 2.24) is 0 Å². The number of unbranched alkanes of at least 4 members (excludes halogenated alkanes) is 6. The van der Waals surface area contributed by atoms with Crippen molar-refractivity contribution in [3.63, 3.8) is 0 Å². The largest absolute Gasteiger partial charge is 0.484 e. The van der Waals surface area contributed by atoms with Crippen molar-refractivity contribution in [2.75, 3.05) is 6.61 Å². The summed E-state index contributed by atoms with van der Waals surface area (Å²) in [6.07, 6.45) is 9.16. The van der Waals surface area contributed by atoms with Crippen LogP contribution in [0.4, 0.5) is 0 Å². The van der Waals surface area contributed by atoms with Crippen LogP contribution in [0.25, 0.3) is 0 Å². The number of hydrogen-bond acceptors (Lipinski definition) is 3. The molecule has 0 radical (unpaired) electrons. The lowest BCUT2D eigenvalue weighted by molar-refractivity contribution is 0.285. The fourth-order valence-electron chi connectivity index (χ4n) is 1.75. The molecule has 1 heterocycles. The van der Waals surface area contributed by atoms with Gasteiger partial charge in [-0.05, 0) is 18.6 Å². The monoisotopic (exact) mass is 256 g/mol. The van der Waals surface area contributed by atoms with E-state index in [0.717, 1.165) is 23.0 Å². The number of aliphatic hydroxyl groups is 1. The molecule has 0 aliphatic heterocycles. The van der Waals surface area contributed by atoms with E-state index in [4.69, 9.17) is 9.84 Å². The highest BCUT2D eigenvalue weighted by Crippen LogP contribution is 2.24. The second-order valence-electron chi connectivity index (χ2n) is 4.35. The third-order valence-corrected chi connectivity index (χ3v) is 3.77. The van der Waals surface area contributed by atoms with Gasteiger partial charge in [0.1, 0.15) is 0 Å². The first kappa shape index (κ1) is 14.5. The molecule has 0 atom stereocenters. The van der Waals surface area contributed by atoms with Crippen molar-refractivity contribution in [3.8, 4) is 5.06 Å².